The fourth-order valence-electron chi connectivity index (χ4n) is 3.75. The van der Waals surface area contributed by atoms with Crippen LogP contribution in [-0.2, 0) is 20.0 Å². The summed E-state index contributed by atoms with van der Waals surface area (Å²) in [6.45, 7) is 3.24. The summed E-state index contributed by atoms with van der Waals surface area (Å²) >= 11 is 0. The number of piperidine rings is 1. The fourth-order valence-corrected chi connectivity index (χ4v) is 3.75. The fraction of sp³-hybridized carbons (Fsp3) is 0.400. The van der Waals surface area contributed by atoms with Crippen LogP contribution >= 0.6 is 0 Å². The standard InChI is InChI=1S/C20H25N5/c1-24-11-9-21-20(24)12-16-6-5-10-25(14-16)15-18-13-19(23-22-18)17-7-3-2-4-8-17/h2-4,7-9,11,13,16H,5-6,10,12,14-15H2,1H3,(H,22,23)/t16-/m1/s1. The van der Waals surface area contributed by atoms with Crippen LogP contribution in [-0.4, -0.2) is 37.7 Å². The molecule has 0 bridgehead atoms. The number of likely N-dealkylation sites (tertiary alicyclic amines) is 1. The summed E-state index contributed by atoms with van der Waals surface area (Å²) in [7, 11) is 2.08. The number of hydrogen-bond donors (Lipinski definition) is 1. The maximum Gasteiger partial charge on any atom is 0.108 e. The van der Waals surface area contributed by atoms with Gasteiger partial charge in [-0.3, -0.25) is 10.00 Å². The number of rotatable bonds is 5. The van der Waals surface area contributed by atoms with E-state index in [1.807, 2.05) is 18.5 Å². The Hall–Kier alpha value is -2.40. The molecule has 1 N–H and O–H groups in total. The lowest BCUT2D eigenvalue weighted by Gasteiger charge is -2.32. The van der Waals surface area contributed by atoms with E-state index in [1.165, 1.54) is 24.4 Å². The second-order valence-electron chi connectivity index (χ2n) is 7.05. The summed E-state index contributed by atoms with van der Waals surface area (Å²) in [6.07, 6.45) is 7.55. The molecule has 5 heteroatoms. The maximum atomic E-state index is 4.48. The average molecular weight is 335 g/mol. The molecule has 3 aromatic rings. The monoisotopic (exact) mass is 335 g/mol. The summed E-state index contributed by atoms with van der Waals surface area (Å²) < 4.78 is 2.14. The minimum Gasteiger partial charge on any atom is -0.338 e. The van der Waals surface area contributed by atoms with Crippen molar-refractivity contribution in [2.24, 2.45) is 13.0 Å². The Morgan fingerprint density at radius 1 is 1.24 bits per heavy atom. The number of aromatic amines is 1. The van der Waals surface area contributed by atoms with Crippen molar-refractivity contribution in [3.8, 4) is 11.3 Å². The first-order chi connectivity index (χ1) is 12.3. The Kier molecular flexibility index (Phi) is 4.65. The van der Waals surface area contributed by atoms with Gasteiger partial charge in [-0.05, 0) is 31.4 Å². The number of H-pyrrole nitrogens is 1. The maximum absolute atomic E-state index is 4.48. The number of nitrogens with zero attached hydrogens (tertiary/aromatic N) is 4. The summed E-state index contributed by atoms with van der Waals surface area (Å²) in [5.74, 6) is 1.88. The normalized spacial score (nSPS) is 18.5. The van der Waals surface area contributed by atoms with E-state index in [9.17, 15) is 0 Å². The van der Waals surface area contributed by atoms with Crippen molar-refractivity contribution in [3.05, 3.63) is 60.3 Å². The van der Waals surface area contributed by atoms with E-state index in [4.69, 9.17) is 0 Å². The van der Waals surface area contributed by atoms with Gasteiger partial charge in [-0.2, -0.15) is 5.10 Å². The second kappa shape index (κ2) is 7.23. The van der Waals surface area contributed by atoms with E-state index in [0.717, 1.165) is 37.3 Å². The predicted molar refractivity (Wildman–Crippen MR) is 98.9 cm³/mol. The van der Waals surface area contributed by atoms with Crippen LogP contribution in [0, 0.1) is 5.92 Å². The molecule has 0 amide bonds. The van der Waals surface area contributed by atoms with Crippen LogP contribution in [0.5, 0.6) is 0 Å². The van der Waals surface area contributed by atoms with Crippen LogP contribution in [0.25, 0.3) is 11.3 Å². The van der Waals surface area contributed by atoms with Gasteiger partial charge < -0.3 is 4.57 Å². The van der Waals surface area contributed by atoms with Crippen LogP contribution in [0.2, 0.25) is 0 Å². The molecule has 1 fully saturated rings. The first-order valence-corrected chi connectivity index (χ1v) is 9.06. The molecule has 0 saturated carbocycles. The molecular weight excluding hydrogens is 310 g/mol. The zero-order valence-electron chi connectivity index (χ0n) is 14.7. The minimum atomic E-state index is 0.686. The lowest BCUT2D eigenvalue weighted by atomic mass is 9.94. The number of imidazole rings is 1. The molecule has 25 heavy (non-hydrogen) atoms. The molecular formula is C20H25N5. The van der Waals surface area contributed by atoms with Gasteiger partial charge in [-0.25, -0.2) is 4.98 Å². The van der Waals surface area contributed by atoms with Gasteiger partial charge in [0.05, 0.1) is 5.69 Å². The van der Waals surface area contributed by atoms with Gasteiger partial charge in [-0.15, -0.1) is 0 Å². The van der Waals surface area contributed by atoms with Gasteiger partial charge >= 0.3 is 0 Å². The lowest BCUT2D eigenvalue weighted by Crippen LogP contribution is -2.36. The molecule has 0 radical (unpaired) electrons. The lowest BCUT2D eigenvalue weighted by molar-refractivity contribution is 0.163. The summed E-state index contributed by atoms with van der Waals surface area (Å²) in [5, 5.41) is 7.69. The first kappa shape index (κ1) is 16.1. The van der Waals surface area contributed by atoms with Crippen LogP contribution in [0.4, 0.5) is 0 Å². The van der Waals surface area contributed by atoms with E-state index in [1.54, 1.807) is 0 Å². The minimum absolute atomic E-state index is 0.686. The molecule has 1 aliphatic rings. The van der Waals surface area contributed by atoms with E-state index < -0.39 is 0 Å². The highest BCUT2D eigenvalue weighted by Crippen LogP contribution is 2.23. The van der Waals surface area contributed by atoms with Gasteiger partial charge in [0.15, 0.2) is 0 Å². The zero-order chi connectivity index (χ0) is 17.1. The summed E-state index contributed by atoms with van der Waals surface area (Å²) in [4.78, 5) is 7.03. The number of hydrogen-bond acceptors (Lipinski definition) is 3. The zero-order valence-corrected chi connectivity index (χ0v) is 14.7. The van der Waals surface area contributed by atoms with Gasteiger partial charge in [0.25, 0.3) is 0 Å². The van der Waals surface area contributed by atoms with Crippen molar-refractivity contribution in [3.63, 3.8) is 0 Å². The molecule has 5 nitrogen and oxygen atoms in total. The quantitative estimate of drug-likeness (QED) is 0.778. The third kappa shape index (κ3) is 3.82. The molecule has 1 saturated heterocycles. The number of benzene rings is 1. The highest BCUT2D eigenvalue weighted by atomic mass is 15.2. The Labute approximate surface area is 148 Å². The second-order valence-corrected chi connectivity index (χ2v) is 7.05. The summed E-state index contributed by atoms with van der Waals surface area (Å²) in [6, 6.07) is 12.5. The average Bonchev–Trinajstić information content (AvgIpc) is 3.26. The number of nitrogens with one attached hydrogen (secondary N) is 1. The third-order valence-corrected chi connectivity index (χ3v) is 5.09. The van der Waals surface area contributed by atoms with E-state index in [-0.39, 0.29) is 0 Å². The van der Waals surface area contributed by atoms with Crippen molar-refractivity contribution in [2.45, 2.75) is 25.8 Å². The van der Waals surface area contributed by atoms with Gasteiger partial charge in [0, 0.05) is 50.2 Å². The SMILES string of the molecule is Cn1ccnc1C[C@H]1CCCN(Cc2cc(-c3ccccc3)n[nH]2)C1. The molecule has 2 aromatic heterocycles. The molecule has 1 aliphatic heterocycles. The molecule has 0 spiro atoms. The molecule has 0 aliphatic carbocycles. The largest absolute Gasteiger partial charge is 0.338 e. The van der Waals surface area contributed by atoms with Crippen LogP contribution in [0.3, 0.4) is 0 Å². The molecule has 3 heterocycles. The Morgan fingerprint density at radius 2 is 2.12 bits per heavy atom. The molecule has 130 valence electrons. The third-order valence-electron chi connectivity index (χ3n) is 5.09. The van der Waals surface area contributed by atoms with Gasteiger partial charge in [0.2, 0.25) is 0 Å². The van der Waals surface area contributed by atoms with Crippen LogP contribution in [0.1, 0.15) is 24.4 Å². The molecule has 4 rings (SSSR count). The Bertz CT molecular complexity index is 804. The predicted octanol–water partition coefficient (Wildman–Crippen LogP) is 3.26. The van der Waals surface area contributed by atoms with Crippen molar-refractivity contribution in [1.29, 1.82) is 0 Å². The highest BCUT2D eigenvalue weighted by Gasteiger charge is 2.22. The molecule has 1 aromatic carbocycles. The van der Waals surface area contributed by atoms with E-state index in [2.05, 4.69) is 62.0 Å². The Morgan fingerprint density at radius 3 is 2.92 bits per heavy atom. The smallest absolute Gasteiger partial charge is 0.108 e. The number of aromatic nitrogens is 4. The van der Waals surface area contributed by atoms with Gasteiger partial charge in [-0.1, -0.05) is 30.3 Å². The van der Waals surface area contributed by atoms with Crippen molar-refractivity contribution in [1.82, 2.24) is 24.6 Å². The van der Waals surface area contributed by atoms with Crippen molar-refractivity contribution < 1.29 is 0 Å². The highest BCUT2D eigenvalue weighted by molar-refractivity contribution is 5.58. The number of aryl methyl sites for hydroxylation is 1. The molecule has 1 atom stereocenters. The topological polar surface area (TPSA) is 49.7 Å². The first-order valence-electron chi connectivity index (χ1n) is 9.06. The van der Waals surface area contributed by atoms with E-state index >= 15 is 0 Å². The van der Waals surface area contributed by atoms with Crippen molar-refractivity contribution in [2.75, 3.05) is 13.1 Å². The van der Waals surface area contributed by atoms with Gasteiger partial charge in [0.1, 0.15) is 5.82 Å². The van der Waals surface area contributed by atoms with Crippen molar-refractivity contribution >= 4 is 0 Å². The summed E-state index contributed by atoms with van der Waals surface area (Å²) in [5.41, 5.74) is 3.38. The van der Waals surface area contributed by atoms with E-state index in [0.29, 0.717) is 5.92 Å². The Balaban J connectivity index is 1.38. The van der Waals surface area contributed by atoms with Crippen LogP contribution in [0.15, 0.2) is 48.8 Å². The molecule has 0 unspecified atom stereocenters. The van der Waals surface area contributed by atoms with Crippen LogP contribution < -0.4 is 0 Å².